The second kappa shape index (κ2) is 17.8. The smallest absolute Gasteiger partial charge is 0.416 e. The highest BCUT2D eigenvalue weighted by molar-refractivity contribution is 7.09. The summed E-state index contributed by atoms with van der Waals surface area (Å²) >= 11 is 1.63. The van der Waals surface area contributed by atoms with Gasteiger partial charge in [-0.1, -0.05) is 76.1 Å². The average molecular weight is 808 g/mol. The molecule has 2 fully saturated rings. The predicted molar refractivity (Wildman–Crippen MR) is 219 cm³/mol. The number of hydrogen-bond donors (Lipinski definition) is 2. The number of carbonyl (C=O) groups is 2. The second-order valence-electron chi connectivity index (χ2n) is 17.9. The van der Waals surface area contributed by atoms with Crippen LogP contribution in [0.4, 0.5) is 18.0 Å². The number of benzene rings is 2. The van der Waals surface area contributed by atoms with Gasteiger partial charge in [-0.05, 0) is 136 Å². The Hall–Kier alpha value is -3.47. The van der Waals surface area contributed by atoms with Crippen molar-refractivity contribution in [1.82, 2.24) is 4.90 Å². The number of alkyl halides is 3. The summed E-state index contributed by atoms with van der Waals surface area (Å²) in [5, 5.41) is 26.1. The molecule has 3 aromatic rings. The summed E-state index contributed by atoms with van der Waals surface area (Å²) in [6.07, 6.45) is 3.29. The van der Waals surface area contributed by atoms with E-state index in [9.17, 15) is 33.0 Å². The van der Waals surface area contributed by atoms with E-state index in [1.165, 1.54) is 12.1 Å². The Morgan fingerprint density at radius 3 is 2.54 bits per heavy atom. The van der Waals surface area contributed by atoms with Gasteiger partial charge >= 0.3 is 12.3 Å². The topological polar surface area (TPSA) is 87.1 Å². The molecule has 6 nitrogen and oxygen atoms in total. The molecule has 2 N–H and O–H groups in total. The first-order valence-electron chi connectivity index (χ1n) is 20.9. The summed E-state index contributed by atoms with van der Waals surface area (Å²) < 4.78 is 47.9. The molecule has 2 saturated carbocycles. The number of allylic oxidation sites excluding steroid dienone is 2. The maximum absolute atomic E-state index is 14.4. The molecular weight excluding hydrogens is 748 g/mol. The number of amides is 1. The van der Waals surface area contributed by atoms with Crippen molar-refractivity contribution < 1.29 is 37.7 Å². The van der Waals surface area contributed by atoms with Gasteiger partial charge in [0.15, 0.2) is 5.78 Å². The van der Waals surface area contributed by atoms with E-state index in [1.807, 2.05) is 29.6 Å². The summed E-state index contributed by atoms with van der Waals surface area (Å²) in [5.74, 6) is 0.169. The lowest BCUT2D eigenvalue weighted by Crippen LogP contribution is -2.54. The molecule has 0 spiro atoms. The molecule has 1 aromatic heterocycles. The third-order valence-electron chi connectivity index (χ3n) is 13.5. The third kappa shape index (κ3) is 9.88. The Morgan fingerprint density at radius 1 is 1.04 bits per heavy atom. The van der Waals surface area contributed by atoms with Crippen molar-refractivity contribution in [2.45, 2.75) is 135 Å². The van der Waals surface area contributed by atoms with Crippen LogP contribution in [0.3, 0.4) is 0 Å². The van der Waals surface area contributed by atoms with Crippen LogP contribution >= 0.6 is 11.3 Å². The van der Waals surface area contributed by atoms with Crippen molar-refractivity contribution in [3.05, 3.63) is 104 Å². The van der Waals surface area contributed by atoms with Crippen molar-refractivity contribution in [3.63, 3.8) is 0 Å². The molecule has 1 heterocycles. The third-order valence-corrected chi connectivity index (χ3v) is 14.4. The SMILES string of the molecule is CC1=CCCC2(C)C(CCC2(O)CN(CCc2cccs2)C(=O)OC2CC(C)CCC2C(C)C)c2ccc(cc2C(=O)c2cccc(C(F)(F)F)c2)CC(O)CC1. The van der Waals surface area contributed by atoms with E-state index >= 15 is 0 Å². The zero-order valence-corrected chi connectivity index (χ0v) is 34.9. The van der Waals surface area contributed by atoms with Crippen LogP contribution in [0.5, 0.6) is 0 Å². The molecule has 57 heavy (non-hydrogen) atoms. The minimum atomic E-state index is -4.62. The molecule has 10 heteroatoms. The van der Waals surface area contributed by atoms with E-state index < -0.39 is 40.7 Å². The molecule has 7 rings (SSSR count). The van der Waals surface area contributed by atoms with Crippen molar-refractivity contribution >= 4 is 23.2 Å². The second-order valence-corrected chi connectivity index (χ2v) is 18.9. The normalized spacial score (nSPS) is 28.4. The minimum absolute atomic E-state index is 0.0444. The Morgan fingerprint density at radius 2 is 1.82 bits per heavy atom. The molecular formula is C47H60F3NO5S. The highest BCUT2D eigenvalue weighted by Crippen LogP contribution is 2.59. The zero-order valence-electron chi connectivity index (χ0n) is 34.1. The molecule has 2 aromatic carbocycles. The number of carbonyl (C=O) groups excluding carboxylic acids is 2. The summed E-state index contributed by atoms with van der Waals surface area (Å²) in [6, 6.07) is 14.1. The molecule has 0 radical (unpaired) electrons. The largest absolute Gasteiger partial charge is 0.446 e. The van der Waals surface area contributed by atoms with Crippen LogP contribution in [0.15, 0.2) is 71.6 Å². The molecule has 2 bridgehead atoms. The lowest BCUT2D eigenvalue weighted by molar-refractivity contribution is -0.137. The first-order valence-corrected chi connectivity index (χ1v) is 21.7. The van der Waals surface area contributed by atoms with Crippen molar-refractivity contribution in [2.75, 3.05) is 13.1 Å². The van der Waals surface area contributed by atoms with Crippen LogP contribution < -0.4 is 0 Å². The van der Waals surface area contributed by atoms with E-state index in [2.05, 4.69) is 40.7 Å². The number of aliphatic hydroxyl groups excluding tert-OH is 1. The number of nitrogens with zero attached hydrogens (tertiary/aromatic N) is 1. The average Bonchev–Trinajstić information content (AvgIpc) is 3.77. The van der Waals surface area contributed by atoms with Gasteiger partial charge in [0.05, 0.1) is 23.8 Å². The molecule has 1 amide bonds. The van der Waals surface area contributed by atoms with E-state index in [1.54, 1.807) is 22.3 Å². The Kier molecular flexibility index (Phi) is 13.5. The van der Waals surface area contributed by atoms with Gasteiger partial charge in [0.1, 0.15) is 6.10 Å². The first-order chi connectivity index (χ1) is 27.0. The Labute approximate surface area is 340 Å². The van der Waals surface area contributed by atoms with E-state index in [4.69, 9.17) is 4.74 Å². The number of aliphatic hydroxyl groups is 2. The molecule has 7 unspecified atom stereocenters. The van der Waals surface area contributed by atoms with Gasteiger partial charge in [0, 0.05) is 28.0 Å². The highest BCUT2D eigenvalue weighted by Gasteiger charge is 2.58. The molecule has 4 aliphatic rings. The number of ether oxygens (including phenoxy) is 1. The number of hydrogen-bond acceptors (Lipinski definition) is 6. The summed E-state index contributed by atoms with van der Waals surface area (Å²) in [5.41, 5.74) is -0.398. The summed E-state index contributed by atoms with van der Waals surface area (Å²) in [7, 11) is 0. The van der Waals surface area contributed by atoms with Crippen LogP contribution in [0.25, 0.3) is 0 Å². The highest BCUT2D eigenvalue weighted by atomic mass is 32.1. The number of thiophene rings is 1. The molecule has 0 aliphatic heterocycles. The van der Waals surface area contributed by atoms with Gasteiger partial charge in [0.25, 0.3) is 0 Å². The van der Waals surface area contributed by atoms with Gasteiger partial charge in [-0.2, -0.15) is 13.2 Å². The standard InChI is InChI=1S/C47H60F3NO5S/c1-30(2)38-17-14-32(4)25-42(38)56-44(54)51(23-20-37-12-8-24-57-37)29-46(55)22-19-41-39-18-15-33(26-36(52)16-13-31(3)9-7-21-45(41,46)5)27-40(39)43(53)34-10-6-11-35(28-34)47(48,49)50/h6,8-12,15,18,24,27-28,30,32,36,38,41-42,52,55H,7,13-14,16-17,19-23,25-26,29H2,1-5H3. The minimum Gasteiger partial charge on any atom is -0.446 e. The number of ketones is 1. The van der Waals surface area contributed by atoms with Crippen molar-refractivity contribution in [3.8, 4) is 0 Å². The van der Waals surface area contributed by atoms with Gasteiger partial charge in [-0.3, -0.25) is 4.79 Å². The maximum Gasteiger partial charge on any atom is 0.416 e. The lowest BCUT2D eigenvalue weighted by atomic mass is 9.64. The fourth-order valence-corrected chi connectivity index (χ4v) is 10.6. The van der Waals surface area contributed by atoms with Crippen molar-refractivity contribution in [2.24, 2.45) is 23.2 Å². The fraction of sp³-hybridized carbons (Fsp3) is 0.574. The zero-order chi connectivity index (χ0) is 41.1. The number of rotatable bonds is 9. The number of halogens is 3. The van der Waals surface area contributed by atoms with Gasteiger partial charge in [0.2, 0.25) is 0 Å². The quantitative estimate of drug-likeness (QED) is 0.166. The lowest BCUT2D eigenvalue weighted by Gasteiger charge is -2.46. The first kappa shape index (κ1) is 43.1. The van der Waals surface area contributed by atoms with E-state index in [0.29, 0.717) is 75.3 Å². The Balaban J connectivity index is 1.40. The molecule has 310 valence electrons. The Bertz CT molecular complexity index is 1890. The summed E-state index contributed by atoms with van der Waals surface area (Å²) in [6.45, 7) is 11.1. The van der Waals surface area contributed by atoms with Crippen LogP contribution in [0.1, 0.15) is 136 Å². The number of fused-ring (bicyclic) bond motifs is 8. The van der Waals surface area contributed by atoms with E-state index in [0.717, 1.165) is 47.4 Å². The van der Waals surface area contributed by atoms with Crippen LogP contribution in [0, 0.1) is 23.2 Å². The maximum atomic E-state index is 14.4. The monoisotopic (exact) mass is 807 g/mol. The van der Waals surface area contributed by atoms with E-state index in [-0.39, 0.29) is 35.6 Å². The molecule has 4 aliphatic carbocycles. The fourth-order valence-electron chi connectivity index (χ4n) is 9.89. The predicted octanol–water partition coefficient (Wildman–Crippen LogP) is 11.2. The molecule has 0 saturated heterocycles. The van der Waals surface area contributed by atoms with Crippen LogP contribution in [-0.2, 0) is 23.8 Å². The van der Waals surface area contributed by atoms with Crippen LogP contribution in [0.2, 0.25) is 0 Å². The van der Waals surface area contributed by atoms with Gasteiger partial charge in [-0.25, -0.2) is 4.79 Å². The van der Waals surface area contributed by atoms with Gasteiger partial charge < -0.3 is 19.8 Å². The van der Waals surface area contributed by atoms with Crippen LogP contribution in [-0.4, -0.2) is 57.9 Å². The molecule has 7 atom stereocenters. The van der Waals surface area contributed by atoms with Gasteiger partial charge in [-0.15, -0.1) is 11.3 Å². The van der Waals surface area contributed by atoms with Crippen molar-refractivity contribution in [1.29, 1.82) is 0 Å². The summed E-state index contributed by atoms with van der Waals surface area (Å²) in [4.78, 5) is 31.7.